The van der Waals surface area contributed by atoms with Crippen molar-refractivity contribution < 1.29 is 9.13 Å². The van der Waals surface area contributed by atoms with Crippen LogP contribution in [0.25, 0.3) is 0 Å². The van der Waals surface area contributed by atoms with Crippen LogP contribution in [-0.2, 0) is 6.61 Å². The minimum absolute atomic E-state index is 0.142. The van der Waals surface area contributed by atoms with Crippen LogP contribution in [0.2, 0.25) is 0 Å². The number of ether oxygens (including phenoxy) is 1. The maximum atomic E-state index is 13.4. The van der Waals surface area contributed by atoms with E-state index in [0.29, 0.717) is 11.4 Å². The molecule has 0 aliphatic carbocycles. The van der Waals surface area contributed by atoms with Gasteiger partial charge in [-0.1, -0.05) is 24.3 Å². The lowest BCUT2D eigenvalue weighted by Gasteiger charge is -2.12. The lowest BCUT2D eigenvalue weighted by Crippen LogP contribution is -2.09. The number of halogens is 1. The maximum Gasteiger partial charge on any atom is 0.218 e. The van der Waals surface area contributed by atoms with Crippen LogP contribution in [0.4, 0.5) is 4.39 Å². The van der Waals surface area contributed by atoms with E-state index in [0.717, 1.165) is 5.56 Å². The predicted molar refractivity (Wildman–Crippen MR) is 67.6 cm³/mol. The Morgan fingerprint density at radius 3 is 2.78 bits per heavy atom. The second-order valence-electron chi connectivity index (χ2n) is 4.07. The smallest absolute Gasteiger partial charge is 0.218 e. The molecular weight excluding hydrogens is 231 g/mol. The fourth-order valence-corrected chi connectivity index (χ4v) is 1.63. The molecule has 2 N–H and O–H groups in total. The van der Waals surface area contributed by atoms with Crippen LogP contribution in [-0.4, -0.2) is 4.98 Å². The zero-order chi connectivity index (χ0) is 13.0. The van der Waals surface area contributed by atoms with E-state index in [1.165, 1.54) is 6.07 Å². The molecule has 1 aromatic carbocycles. The van der Waals surface area contributed by atoms with Gasteiger partial charge < -0.3 is 10.5 Å². The van der Waals surface area contributed by atoms with Gasteiger partial charge in [0.05, 0.1) is 0 Å². The van der Waals surface area contributed by atoms with Gasteiger partial charge in [-0.25, -0.2) is 9.37 Å². The Labute approximate surface area is 105 Å². The van der Waals surface area contributed by atoms with Gasteiger partial charge in [-0.05, 0) is 19.1 Å². The summed E-state index contributed by atoms with van der Waals surface area (Å²) in [7, 11) is 0. The minimum Gasteiger partial charge on any atom is -0.472 e. The molecule has 0 saturated carbocycles. The Hall–Kier alpha value is -1.94. The summed E-state index contributed by atoms with van der Waals surface area (Å²) in [6.07, 6.45) is 1.63. The Kier molecular flexibility index (Phi) is 3.89. The molecule has 0 unspecified atom stereocenters. The first-order chi connectivity index (χ1) is 8.68. The summed E-state index contributed by atoms with van der Waals surface area (Å²) in [5.74, 6) is 0.173. The van der Waals surface area contributed by atoms with E-state index in [9.17, 15) is 4.39 Å². The van der Waals surface area contributed by atoms with E-state index in [1.54, 1.807) is 30.5 Å². The summed E-state index contributed by atoms with van der Waals surface area (Å²) in [6.45, 7) is 2.00. The van der Waals surface area contributed by atoms with Crippen LogP contribution in [0.1, 0.15) is 24.1 Å². The summed E-state index contributed by atoms with van der Waals surface area (Å²) in [4.78, 5) is 4.12. The van der Waals surface area contributed by atoms with Crippen LogP contribution in [0.15, 0.2) is 42.6 Å². The van der Waals surface area contributed by atoms with E-state index in [4.69, 9.17) is 10.5 Å². The van der Waals surface area contributed by atoms with Crippen molar-refractivity contribution in [3.8, 4) is 5.88 Å². The van der Waals surface area contributed by atoms with Crippen molar-refractivity contribution in [3.63, 3.8) is 0 Å². The number of hydrogen-bond donors (Lipinski definition) is 1. The molecule has 94 valence electrons. The Morgan fingerprint density at radius 2 is 2.06 bits per heavy atom. The van der Waals surface area contributed by atoms with Crippen molar-refractivity contribution in [1.29, 1.82) is 0 Å². The van der Waals surface area contributed by atoms with Crippen LogP contribution in [0, 0.1) is 5.82 Å². The fraction of sp³-hybridized carbons (Fsp3) is 0.214. The second-order valence-corrected chi connectivity index (χ2v) is 4.07. The molecule has 0 fully saturated rings. The average Bonchev–Trinajstić information content (AvgIpc) is 2.38. The summed E-state index contributed by atoms with van der Waals surface area (Å²) in [5.41, 5.74) is 7.13. The third kappa shape index (κ3) is 2.84. The normalized spacial score (nSPS) is 12.2. The Morgan fingerprint density at radius 1 is 1.28 bits per heavy atom. The van der Waals surface area contributed by atoms with Crippen molar-refractivity contribution in [2.75, 3.05) is 0 Å². The minimum atomic E-state index is -0.282. The molecule has 0 aliphatic rings. The van der Waals surface area contributed by atoms with E-state index in [1.807, 2.05) is 13.0 Å². The van der Waals surface area contributed by atoms with Gasteiger partial charge in [0, 0.05) is 23.4 Å². The quantitative estimate of drug-likeness (QED) is 0.902. The average molecular weight is 246 g/mol. The molecular formula is C14H15FN2O. The third-order valence-electron chi connectivity index (χ3n) is 2.61. The topological polar surface area (TPSA) is 48.1 Å². The molecule has 1 aromatic heterocycles. The van der Waals surface area contributed by atoms with Crippen molar-refractivity contribution in [3.05, 3.63) is 59.5 Å². The van der Waals surface area contributed by atoms with E-state index < -0.39 is 0 Å². The lowest BCUT2D eigenvalue weighted by atomic mass is 10.1. The van der Waals surface area contributed by atoms with Gasteiger partial charge >= 0.3 is 0 Å². The molecule has 4 heteroatoms. The van der Waals surface area contributed by atoms with Gasteiger partial charge in [-0.3, -0.25) is 0 Å². The molecule has 1 atom stereocenters. The maximum absolute atomic E-state index is 13.4. The van der Waals surface area contributed by atoms with Gasteiger partial charge in [0.2, 0.25) is 5.88 Å². The highest BCUT2D eigenvalue weighted by molar-refractivity contribution is 5.28. The van der Waals surface area contributed by atoms with Crippen LogP contribution < -0.4 is 10.5 Å². The molecule has 0 saturated heterocycles. The van der Waals surface area contributed by atoms with Crippen molar-refractivity contribution in [2.24, 2.45) is 5.73 Å². The van der Waals surface area contributed by atoms with E-state index >= 15 is 0 Å². The molecule has 0 spiro atoms. The Balaban J connectivity index is 2.14. The van der Waals surface area contributed by atoms with Crippen molar-refractivity contribution in [1.82, 2.24) is 4.98 Å². The predicted octanol–water partition coefficient (Wildman–Crippen LogP) is 2.82. The zero-order valence-corrected chi connectivity index (χ0v) is 10.1. The molecule has 2 aromatic rings. The molecule has 0 aliphatic heterocycles. The third-order valence-corrected chi connectivity index (χ3v) is 2.61. The van der Waals surface area contributed by atoms with Gasteiger partial charge in [0.25, 0.3) is 0 Å². The largest absolute Gasteiger partial charge is 0.472 e. The first-order valence-electron chi connectivity index (χ1n) is 5.75. The number of rotatable bonds is 4. The summed E-state index contributed by atoms with van der Waals surface area (Å²) < 4.78 is 19.0. The standard InChI is InChI=1S/C14H15FN2O/c1-10(16)12-6-4-8-17-14(12)18-9-11-5-2-3-7-13(11)15/h2-8,10H,9,16H2,1H3/t10-/m1/s1. The SMILES string of the molecule is C[C@@H](N)c1cccnc1OCc1ccccc1F. The van der Waals surface area contributed by atoms with Gasteiger partial charge in [0.1, 0.15) is 12.4 Å². The van der Waals surface area contributed by atoms with Gasteiger partial charge in [-0.2, -0.15) is 0 Å². The first kappa shape index (κ1) is 12.5. The zero-order valence-electron chi connectivity index (χ0n) is 10.1. The fourth-order valence-electron chi connectivity index (χ4n) is 1.63. The number of nitrogens with zero attached hydrogens (tertiary/aromatic N) is 1. The highest BCUT2D eigenvalue weighted by atomic mass is 19.1. The second kappa shape index (κ2) is 5.60. The highest BCUT2D eigenvalue weighted by Crippen LogP contribution is 2.21. The van der Waals surface area contributed by atoms with Crippen LogP contribution in [0.5, 0.6) is 5.88 Å². The van der Waals surface area contributed by atoms with Crippen molar-refractivity contribution >= 4 is 0 Å². The summed E-state index contributed by atoms with van der Waals surface area (Å²) in [5, 5.41) is 0. The van der Waals surface area contributed by atoms with E-state index in [2.05, 4.69) is 4.98 Å². The van der Waals surface area contributed by atoms with Crippen molar-refractivity contribution in [2.45, 2.75) is 19.6 Å². The molecule has 1 heterocycles. The number of benzene rings is 1. The first-order valence-corrected chi connectivity index (χ1v) is 5.75. The summed E-state index contributed by atoms with van der Waals surface area (Å²) in [6, 6.07) is 9.99. The van der Waals surface area contributed by atoms with Crippen LogP contribution >= 0.6 is 0 Å². The van der Waals surface area contributed by atoms with Gasteiger partial charge in [0.15, 0.2) is 0 Å². The van der Waals surface area contributed by atoms with Crippen LogP contribution in [0.3, 0.4) is 0 Å². The molecule has 0 radical (unpaired) electrons. The van der Waals surface area contributed by atoms with E-state index in [-0.39, 0.29) is 18.5 Å². The Bertz CT molecular complexity index is 529. The monoisotopic (exact) mass is 246 g/mol. The lowest BCUT2D eigenvalue weighted by molar-refractivity contribution is 0.283. The molecule has 3 nitrogen and oxygen atoms in total. The highest BCUT2D eigenvalue weighted by Gasteiger charge is 2.09. The number of nitrogens with two attached hydrogens (primary N) is 1. The molecule has 0 bridgehead atoms. The molecule has 0 amide bonds. The number of hydrogen-bond acceptors (Lipinski definition) is 3. The molecule has 18 heavy (non-hydrogen) atoms. The molecule has 2 rings (SSSR count). The number of pyridine rings is 1. The number of aromatic nitrogens is 1. The summed E-state index contributed by atoms with van der Waals surface area (Å²) >= 11 is 0. The van der Waals surface area contributed by atoms with Gasteiger partial charge in [-0.15, -0.1) is 0 Å².